The molecule has 2 rings (SSSR count). The van der Waals surface area contributed by atoms with Crippen LogP contribution in [0.5, 0.6) is 0 Å². The van der Waals surface area contributed by atoms with Crippen molar-refractivity contribution in [2.24, 2.45) is 10.8 Å². The lowest BCUT2D eigenvalue weighted by molar-refractivity contribution is 0.249. The van der Waals surface area contributed by atoms with Gasteiger partial charge in [-0.05, 0) is 19.4 Å². The van der Waals surface area contributed by atoms with Gasteiger partial charge in [-0.2, -0.15) is 5.10 Å². The van der Waals surface area contributed by atoms with Gasteiger partial charge < -0.3 is 5.73 Å². The van der Waals surface area contributed by atoms with Gasteiger partial charge in [0.05, 0.1) is 5.71 Å². The molecular weight excluding hydrogens is 168 g/mol. The molecule has 0 aromatic carbocycles. The number of carbonyl (C=O) groups excluding carboxylic acids is 1. The van der Waals surface area contributed by atoms with Gasteiger partial charge in [0.15, 0.2) is 0 Å². The highest BCUT2D eigenvalue weighted by atomic mass is 16.2. The minimum absolute atomic E-state index is 0.465. The Labute approximate surface area is 77.0 Å². The second-order valence-electron chi connectivity index (χ2n) is 3.52. The lowest BCUT2D eigenvalue weighted by Gasteiger charge is -2.12. The lowest BCUT2D eigenvalue weighted by Crippen LogP contribution is -2.30. The molecule has 5 nitrogen and oxygen atoms in total. The molecule has 0 aromatic heterocycles. The zero-order chi connectivity index (χ0) is 9.26. The monoisotopic (exact) mass is 182 g/mol. The summed E-state index contributed by atoms with van der Waals surface area (Å²) < 4.78 is 0. The number of hydrazone groups is 1. The Morgan fingerprint density at radius 1 is 1.62 bits per heavy atom. The SMILES string of the molecule is NC(=O)NN=C1CCN2CCCC12. The number of fused-ring (bicyclic) bond motifs is 1. The van der Waals surface area contributed by atoms with Crippen molar-refractivity contribution < 1.29 is 4.79 Å². The molecule has 1 unspecified atom stereocenters. The van der Waals surface area contributed by atoms with E-state index in [9.17, 15) is 4.79 Å². The molecule has 2 saturated heterocycles. The van der Waals surface area contributed by atoms with Crippen LogP contribution < -0.4 is 11.2 Å². The van der Waals surface area contributed by atoms with Crippen molar-refractivity contribution in [3.63, 3.8) is 0 Å². The van der Waals surface area contributed by atoms with Crippen molar-refractivity contribution in [3.8, 4) is 0 Å². The van der Waals surface area contributed by atoms with Gasteiger partial charge in [-0.3, -0.25) is 4.90 Å². The predicted octanol–water partition coefficient (Wildman–Crippen LogP) is -0.121. The molecule has 72 valence electrons. The van der Waals surface area contributed by atoms with Gasteiger partial charge in [-0.25, -0.2) is 10.2 Å². The lowest BCUT2D eigenvalue weighted by atomic mass is 10.1. The summed E-state index contributed by atoms with van der Waals surface area (Å²) in [5.41, 5.74) is 8.32. The van der Waals surface area contributed by atoms with Crippen LogP contribution >= 0.6 is 0 Å². The summed E-state index contributed by atoms with van der Waals surface area (Å²) >= 11 is 0. The van der Waals surface area contributed by atoms with E-state index in [1.165, 1.54) is 19.4 Å². The van der Waals surface area contributed by atoms with Crippen LogP contribution in [0.15, 0.2) is 5.10 Å². The van der Waals surface area contributed by atoms with Crippen molar-refractivity contribution >= 4 is 11.7 Å². The van der Waals surface area contributed by atoms with Crippen LogP contribution in [0.3, 0.4) is 0 Å². The molecule has 2 heterocycles. The molecule has 0 aliphatic carbocycles. The number of nitrogens with zero attached hydrogens (tertiary/aromatic N) is 2. The Morgan fingerprint density at radius 2 is 2.46 bits per heavy atom. The Balaban J connectivity index is 2.00. The van der Waals surface area contributed by atoms with E-state index in [0.29, 0.717) is 6.04 Å². The summed E-state index contributed by atoms with van der Waals surface area (Å²) in [6.45, 7) is 2.24. The van der Waals surface area contributed by atoms with E-state index in [4.69, 9.17) is 5.73 Å². The molecule has 0 bridgehead atoms. The van der Waals surface area contributed by atoms with Crippen LogP contribution in [-0.4, -0.2) is 35.8 Å². The van der Waals surface area contributed by atoms with Gasteiger partial charge in [-0.15, -0.1) is 0 Å². The third kappa shape index (κ3) is 1.65. The van der Waals surface area contributed by atoms with Crippen LogP contribution in [0.25, 0.3) is 0 Å². The van der Waals surface area contributed by atoms with Crippen LogP contribution in [-0.2, 0) is 0 Å². The van der Waals surface area contributed by atoms with E-state index < -0.39 is 6.03 Å². The third-order valence-electron chi connectivity index (χ3n) is 2.71. The largest absolute Gasteiger partial charge is 0.350 e. The molecule has 2 aliphatic rings. The Hall–Kier alpha value is -1.10. The fourth-order valence-corrected chi connectivity index (χ4v) is 2.15. The quantitative estimate of drug-likeness (QED) is 0.555. The van der Waals surface area contributed by atoms with Crippen LogP contribution in [0.2, 0.25) is 0 Å². The van der Waals surface area contributed by atoms with Crippen molar-refractivity contribution in [3.05, 3.63) is 0 Å². The molecular formula is C8H14N4O. The minimum atomic E-state index is -0.580. The first kappa shape index (κ1) is 8.50. The molecule has 0 radical (unpaired) electrons. The maximum atomic E-state index is 10.4. The van der Waals surface area contributed by atoms with Gasteiger partial charge in [0.2, 0.25) is 0 Å². The first-order valence-electron chi connectivity index (χ1n) is 4.63. The van der Waals surface area contributed by atoms with Gasteiger partial charge in [0.25, 0.3) is 0 Å². The Bertz CT molecular complexity index is 251. The first-order valence-corrected chi connectivity index (χ1v) is 4.63. The van der Waals surface area contributed by atoms with Crippen molar-refractivity contribution in [2.45, 2.75) is 25.3 Å². The molecule has 2 fully saturated rings. The van der Waals surface area contributed by atoms with Crippen LogP contribution in [0, 0.1) is 0 Å². The molecule has 2 amide bonds. The number of carbonyl (C=O) groups is 1. The fourth-order valence-electron chi connectivity index (χ4n) is 2.15. The van der Waals surface area contributed by atoms with Gasteiger partial charge in [0.1, 0.15) is 0 Å². The number of nitrogens with one attached hydrogen (secondary N) is 1. The van der Waals surface area contributed by atoms with E-state index >= 15 is 0 Å². The second kappa shape index (κ2) is 3.33. The summed E-state index contributed by atoms with van der Waals surface area (Å²) in [5, 5.41) is 4.02. The number of hydrogen-bond donors (Lipinski definition) is 2. The summed E-state index contributed by atoms with van der Waals surface area (Å²) in [6, 6.07) is -0.115. The summed E-state index contributed by atoms with van der Waals surface area (Å²) in [5.74, 6) is 0. The fraction of sp³-hybridized carbons (Fsp3) is 0.750. The molecule has 2 aliphatic heterocycles. The highest BCUT2D eigenvalue weighted by Crippen LogP contribution is 2.25. The molecule has 5 heteroatoms. The zero-order valence-corrected chi connectivity index (χ0v) is 7.49. The van der Waals surface area contributed by atoms with Crippen LogP contribution in [0.4, 0.5) is 4.79 Å². The van der Waals surface area contributed by atoms with Crippen molar-refractivity contribution in [1.29, 1.82) is 0 Å². The highest BCUT2D eigenvalue weighted by Gasteiger charge is 2.34. The van der Waals surface area contributed by atoms with Crippen molar-refractivity contribution in [2.75, 3.05) is 13.1 Å². The second-order valence-corrected chi connectivity index (χ2v) is 3.52. The molecule has 1 atom stereocenters. The first-order chi connectivity index (χ1) is 6.27. The molecule has 13 heavy (non-hydrogen) atoms. The van der Waals surface area contributed by atoms with E-state index in [1.807, 2.05) is 0 Å². The summed E-state index contributed by atoms with van der Waals surface area (Å²) in [4.78, 5) is 12.8. The number of amides is 2. The number of urea groups is 1. The minimum Gasteiger partial charge on any atom is -0.350 e. The molecule has 0 spiro atoms. The average Bonchev–Trinajstić information content (AvgIpc) is 2.60. The highest BCUT2D eigenvalue weighted by molar-refractivity contribution is 5.92. The summed E-state index contributed by atoms with van der Waals surface area (Å²) in [6.07, 6.45) is 3.37. The topological polar surface area (TPSA) is 70.7 Å². The maximum absolute atomic E-state index is 10.4. The van der Waals surface area contributed by atoms with Gasteiger partial charge in [0, 0.05) is 19.0 Å². The van der Waals surface area contributed by atoms with E-state index in [-0.39, 0.29) is 0 Å². The normalized spacial score (nSPS) is 30.8. The smallest absolute Gasteiger partial charge is 0.332 e. The van der Waals surface area contributed by atoms with Crippen LogP contribution in [0.1, 0.15) is 19.3 Å². The number of nitrogens with two attached hydrogens (primary N) is 1. The summed E-state index contributed by atoms with van der Waals surface area (Å²) in [7, 11) is 0. The number of primary amides is 1. The third-order valence-corrected chi connectivity index (χ3v) is 2.71. The number of rotatable bonds is 1. The molecule has 0 aromatic rings. The Kier molecular flexibility index (Phi) is 2.18. The van der Waals surface area contributed by atoms with E-state index in [2.05, 4.69) is 15.4 Å². The maximum Gasteiger partial charge on any atom is 0.332 e. The van der Waals surface area contributed by atoms with Gasteiger partial charge in [-0.1, -0.05) is 0 Å². The van der Waals surface area contributed by atoms with Crippen molar-refractivity contribution in [1.82, 2.24) is 10.3 Å². The molecule has 3 N–H and O–H groups in total. The molecule has 0 saturated carbocycles. The van der Waals surface area contributed by atoms with Gasteiger partial charge >= 0.3 is 6.03 Å². The van der Waals surface area contributed by atoms with E-state index in [1.54, 1.807) is 0 Å². The zero-order valence-electron chi connectivity index (χ0n) is 7.49. The standard InChI is InChI=1S/C8H14N4O/c9-8(13)11-10-6-3-5-12-4-1-2-7(6)12/h7H,1-5H2,(H3,9,11,13). The average molecular weight is 182 g/mol. The Morgan fingerprint density at radius 3 is 3.23 bits per heavy atom. The van der Waals surface area contributed by atoms with E-state index in [0.717, 1.165) is 18.7 Å². The predicted molar refractivity (Wildman–Crippen MR) is 49.4 cm³/mol. The number of hydrogen-bond acceptors (Lipinski definition) is 3.